The van der Waals surface area contributed by atoms with Crippen molar-refractivity contribution in [2.75, 3.05) is 14.1 Å². The predicted octanol–water partition coefficient (Wildman–Crippen LogP) is 1.98. The molecule has 2 rings (SSSR count). The number of benzene rings is 1. The first kappa shape index (κ1) is 14.6. The van der Waals surface area contributed by atoms with E-state index in [9.17, 15) is 9.59 Å². The maximum absolute atomic E-state index is 12.1. The molecular formula is C16H22N2O2. The first-order chi connectivity index (χ1) is 9.49. The molecule has 1 N–H and O–H groups in total. The van der Waals surface area contributed by atoms with E-state index in [1.165, 1.54) is 0 Å². The summed E-state index contributed by atoms with van der Waals surface area (Å²) in [6.45, 7) is 2.08. The van der Waals surface area contributed by atoms with E-state index in [1.54, 1.807) is 19.0 Å². The Bertz CT molecular complexity index is 485. The minimum absolute atomic E-state index is 0.0167. The third kappa shape index (κ3) is 3.59. The molecule has 1 aliphatic rings. The summed E-state index contributed by atoms with van der Waals surface area (Å²) < 4.78 is 0. The van der Waals surface area contributed by atoms with Crippen LogP contribution in [0, 0.1) is 11.8 Å². The molecule has 4 heteroatoms. The van der Waals surface area contributed by atoms with Gasteiger partial charge in [0.15, 0.2) is 0 Å². The zero-order valence-corrected chi connectivity index (χ0v) is 12.3. The van der Waals surface area contributed by atoms with Crippen molar-refractivity contribution in [3.8, 4) is 0 Å². The molecule has 0 aliphatic heterocycles. The molecule has 0 radical (unpaired) electrons. The van der Waals surface area contributed by atoms with Gasteiger partial charge in [-0.2, -0.15) is 0 Å². The number of carbonyl (C=O) groups excluding carboxylic acids is 2. The van der Waals surface area contributed by atoms with Crippen LogP contribution in [-0.2, 0) is 9.59 Å². The minimum Gasteiger partial charge on any atom is -0.349 e. The van der Waals surface area contributed by atoms with Gasteiger partial charge in [0.2, 0.25) is 11.8 Å². The normalized spacial score (nSPS) is 21.9. The Kier molecular flexibility index (Phi) is 4.42. The summed E-state index contributed by atoms with van der Waals surface area (Å²) in [5, 5.41) is 3.03. The van der Waals surface area contributed by atoms with Crippen LogP contribution in [0.15, 0.2) is 30.3 Å². The quantitative estimate of drug-likeness (QED) is 0.892. The Morgan fingerprint density at radius 2 is 1.90 bits per heavy atom. The van der Waals surface area contributed by atoms with Gasteiger partial charge in [-0.3, -0.25) is 9.59 Å². The molecule has 108 valence electrons. The van der Waals surface area contributed by atoms with E-state index in [0.29, 0.717) is 12.3 Å². The lowest BCUT2D eigenvalue weighted by Gasteiger charge is -2.21. The third-order valence-electron chi connectivity index (χ3n) is 3.84. The van der Waals surface area contributed by atoms with E-state index in [1.807, 2.05) is 30.3 Å². The second-order valence-electron chi connectivity index (χ2n) is 5.78. The second-order valence-corrected chi connectivity index (χ2v) is 5.78. The van der Waals surface area contributed by atoms with Crippen LogP contribution in [0.25, 0.3) is 0 Å². The largest absolute Gasteiger partial charge is 0.349 e. The fourth-order valence-electron chi connectivity index (χ4n) is 2.26. The van der Waals surface area contributed by atoms with Crippen LogP contribution >= 0.6 is 0 Å². The number of hydrogen-bond donors (Lipinski definition) is 1. The third-order valence-corrected chi connectivity index (χ3v) is 3.84. The lowest BCUT2D eigenvalue weighted by Crippen LogP contribution is -2.34. The van der Waals surface area contributed by atoms with Crippen molar-refractivity contribution >= 4 is 11.8 Å². The molecule has 1 aliphatic carbocycles. The van der Waals surface area contributed by atoms with Gasteiger partial charge in [-0.25, -0.2) is 0 Å². The van der Waals surface area contributed by atoms with E-state index < -0.39 is 0 Å². The fourth-order valence-corrected chi connectivity index (χ4v) is 2.26. The molecule has 4 nitrogen and oxygen atoms in total. The Labute approximate surface area is 120 Å². The van der Waals surface area contributed by atoms with Gasteiger partial charge in [0.1, 0.15) is 0 Å². The molecule has 3 atom stereocenters. The lowest BCUT2D eigenvalue weighted by atomic mass is 10.0. The van der Waals surface area contributed by atoms with E-state index in [0.717, 1.165) is 12.0 Å². The standard InChI is InChI=1S/C16H22N2O2/c1-11-9-13(11)16(20)17-14(10-15(19)18(2)3)12-7-5-4-6-8-12/h4-8,11,13-14H,9-10H2,1-3H3,(H,17,20)/t11-,13-,14+/m1/s1. The summed E-state index contributed by atoms with van der Waals surface area (Å²) in [6, 6.07) is 9.43. The molecular weight excluding hydrogens is 252 g/mol. The summed E-state index contributed by atoms with van der Waals surface area (Å²) in [7, 11) is 3.46. The van der Waals surface area contributed by atoms with E-state index in [4.69, 9.17) is 0 Å². The maximum atomic E-state index is 12.1. The highest BCUT2D eigenvalue weighted by atomic mass is 16.2. The molecule has 0 bridgehead atoms. The second kappa shape index (κ2) is 6.07. The van der Waals surface area contributed by atoms with Crippen LogP contribution < -0.4 is 5.32 Å². The van der Waals surface area contributed by atoms with Gasteiger partial charge in [0.05, 0.1) is 12.5 Å². The van der Waals surface area contributed by atoms with Crippen LogP contribution in [0.1, 0.15) is 31.4 Å². The Hall–Kier alpha value is -1.84. The first-order valence-corrected chi connectivity index (χ1v) is 7.04. The van der Waals surface area contributed by atoms with E-state index in [-0.39, 0.29) is 23.8 Å². The van der Waals surface area contributed by atoms with Crippen molar-refractivity contribution < 1.29 is 9.59 Å². The zero-order valence-electron chi connectivity index (χ0n) is 12.3. The molecule has 1 aromatic rings. The number of nitrogens with one attached hydrogen (secondary N) is 1. The van der Waals surface area contributed by atoms with Gasteiger partial charge < -0.3 is 10.2 Å². The molecule has 0 saturated heterocycles. The summed E-state index contributed by atoms with van der Waals surface area (Å²) in [5.74, 6) is 0.674. The average Bonchev–Trinajstić information content (AvgIpc) is 3.16. The Morgan fingerprint density at radius 3 is 2.40 bits per heavy atom. The van der Waals surface area contributed by atoms with Crippen molar-refractivity contribution in [3.05, 3.63) is 35.9 Å². The number of nitrogens with zero attached hydrogens (tertiary/aromatic N) is 1. The predicted molar refractivity (Wildman–Crippen MR) is 77.9 cm³/mol. The summed E-state index contributed by atoms with van der Waals surface area (Å²) >= 11 is 0. The van der Waals surface area contributed by atoms with Gasteiger partial charge in [0.25, 0.3) is 0 Å². The number of amides is 2. The smallest absolute Gasteiger partial charge is 0.224 e. The van der Waals surface area contributed by atoms with Crippen molar-refractivity contribution in [2.24, 2.45) is 11.8 Å². The SMILES string of the molecule is C[C@@H]1C[C@H]1C(=O)N[C@@H](CC(=O)N(C)C)c1ccccc1. The van der Waals surface area contributed by atoms with Crippen molar-refractivity contribution in [1.82, 2.24) is 10.2 Å². The van der Waals surface area contributed by atoms with Crippen molar-refractivity contribution in [1.29, 1.82) is 0 Å². The van der Waals surface area contributed by atoms with Crippen LogP contribution in [0.4, 0.5) is 0 Å². The highest BCUT2D eigenvalue weighted by Crippen LogP contribution is 2.38. The van der Waals surface area contributed by atoms with Gasteiger partial charge in [-0.1, -0.05) is 37.3 Å². The minimum atomic E-state index is -0.244. The number of rotatable bonds is 5. The van der Waals surface area contributed by atoms with Crippen LogP contribution in [0.2, 0.25) is 0 Å². The zero-order chi connectivity index (χ0) is 14.7. The van der Waals surface area contributed by atoms with Crippen LogP contribution in [0.3, 0.4) is 0 Å². The summed E-state index contributed by atoms with van der Waals surface area (Å²) in [5.41, 5.74) is 0.976. The molecule has 20 heavy (non-hydrogen) atoms. The van der Waals surface area contributed by atoms with E-state index >= 15 is 0 Å². The highest BCUT2D eigenvalue weighted by molar-refractivity contribution is 5.83. The van der Waals surface area contributed by atoms with Crippen LogP contribution in [0.5, 0.6) is 0 Å². The fraction of sp³-hybridized carbons (Fsp3) is 0.500. The molecule has 2 amide bonds. The molecule has 0 heterocycles. The monoisotopic (exact) mass is 274 g/mol. The lowest BCUT2D eigenvalue weighted by molar-refractivity contribution is -0.129. The molecule has 1 aromatic carbocycles. The van der Waals surface area contributed by atoms with Crippen molar-refractivity contribution in [3.63, 3.8) is 0 Å². The summed E-state index contributed by atoms with van der Waals surface area (Å²) in [4.78, 5) is 25.6. The van der Waals surface area contributed by atoms with Gasteiger partial charge in [-0.05, 0) is 17.9 Å². The molecule has 0 spiro atoms. The molecule has 0 unspecified atom stereocenters. The number of hydrogen-bond acceptors (Lipinski definition) is 2. The highest BCUT2D eigenvalue weighted by Gasteiger charge is 2.40. The Balaban J connectivity index is 2.07. The molecule has 1 saturated carbocycles. The maximum Gasteiger partial charge on any atom is 0.224 e. The van der Waals surface area contributed by atoms with Gasteiger partial charge in [-0.15, -0.1) is 0 Å². The summed E-state index contributed by atoms with van der Waals surface area (Å²) in [6.07, 6.45) is 1.25. The van der Waals surface area contributed by atoms with E-state index in [2.05, 4.69) is 12.2 Å². The number of carbonyl (C=O) groups is 2. The first-order valence-electron chi connectivity index (χ1n) is 7.04. The van der Waals surface area contributed by atoms with Crippen LogP contribution in [-0.4, -0.2) is 30.8 Å². The Morgan fingerprint density at radius 1 is 1.30 bits per heavy atom. The average molecular weight is 274 g/mol. The van der Waals surface area contributed by atoms with Crippen molar-refractivity contribution in [2.45, 2.75) is 25.8 Å². The van der Waals surface area contributed by atoms with Gasteiger partial charge >= 0.3 is 0 Å². The topological polar surface area (TPSA) is 49.4 Å². The van der Waals surface area contributed by atoms with Gasteiger partial charge in [0, 0.05) is 20.0 Å². The molecule has 0 aromatic heterocycles. The molecule has 1 fully saturated rings.